The Hall–Kier alpha value is -1.59. The lowest BCUT2D eigenvalue weighted by atomic mass is 10.0. The van der Waals surface area contributed by atoms with Crippen molar-refractivity contribution in [1.29, 1.82) is 0 Å². The van der Waals surface area contributed by atoms with E-state index in [1.54, 1.807) is 0 Å². The Kier molecular flexibility index (Phi) is 45.2. The van der Waals surface area contributed by atoms with Crippen LogP contribution in [0.2, 0.25) is 0 Å². The summed E-state index contributed by atoms with van der Waals surface area (Å²) in [5, 5.41) is 0. The molecule has 0 saturated carbocycles. The fourth-order valence-electron chi connectivity index (χ4n) is 7.86. The summed E-state index contributed by atoms with van der Waals surface area (Å²) in [5.41, 5.74) is 0. The normalized spacial score (nSPS) is 11.9. The Morgan fingerprint density at radius 1 is 0.328 bits per heavy atom. The standard InChI is InChI=1S/C52H100O6/c1-5-7-9-11-13-15-17-19-20-24-27-31-35-39-43-50(53)56-46-49(58-52(55)45-41-37-33-29-23-18-16-14-12-10-8-6-2)47-57-51(54)44-40-36-32-28-25-21-22-26-30-34-38-42-48(3)4/h48-49H,5-47H2,1-4H3/t49-/m0/s1. The lowest BCUT2D eigenvalue weighted by Crippen LogP contribution is -2.30. The molecule has 0 aliphatic carbocycles. The van der Waals surface area contributed by atoms with E-state index in [9.17, 15) is 14.4 Å². The molecular weight excluding hydrogens is 721 g/mol. The van der Waals surface area contributed by atoms with Crippen LogP contribution in [0.15, 0.2) is 0 Å². The average molecular weight is 821 g/mol. The van der Waals surface area contributed by atoms with Gasteiger partial charge in [-0.3, -0.25) is 14.4 Å². The molecule has 344 valence electrons. The van der Waals surface area contributed by atoms with Crippen LogP contribution in [0, 0.1) is 5.92 Å². The molecule has 0 aromatic carbocycles. The zero-order valence-corrected chi connectivity index (χ0v) is 39.5. The number of hydrogen-bond acceptors (Lipinski definition) is 6. The van der Waals surface area contributed by atoms with Gasteiger partial charge in [-0.25, -0.2) is 0 Å². The van der Waals surface area contributed by atoms with Crippen molar-refractivity contribution in [3.05, 3.63) is 0 Å². The number of ether oxygens (including phenoxy) is 3. The Balaban J connectivity index is 4.30. The van der Waals surface area contributed by atoms with Crippen molar-refractivity contribution in [1.82, 2.24) is 0 Å². The SMILES string of the molecule is CCCCCCCCCCCCCCCCC(=O)OC[C@@H](COC(=O)CCCCCCCCCCCCCC(C)C)OC(=O)CCCCCCCCCCCCCC. The summed E-state index contributed by atoms with van der Waals surface area (Å²) < 4.78 is 16.8. The van der Waals surface area contributed by atoms with Crippen LogP contribution < -0.4 is 0 Å². The van der Waals surface area contributed by atoms with E-state index in [1.807, 2.05) is 0 Å². The van der Waals surface area contributed by atoms with Gasteiger partial charge in [-0.15, -0.1) is 0 Å². The van der Waals surface area contributed by atoms with Gasteiger partial charge < -0.3 is 14.2 Å². The highest BCUT2D eigenvalue weighted by molar-refractivity contribution is 5.71. The second-order valence-electron chi connectivity index (χ2n) is 18.3. The minimum atomic E-state index is -0.760. The molecule has 6 heteroatoms. The third-order valence-corrected chi connectivity index (χ3v) is 11.8. The molecule has 0 aromatic rings. The van der Waals surface area contributed by atoms with E-state index in [0.717, 1.165) is 63.7 Å². The van der Waals surface area contributed by atoms with Crippen molar-refractivity contribution in [2.45, 2.75) is 297 Å². The first kappa shape index (κ1) is 56.4. The Bertz CT molecular complexity index is 872. The first-order chi connectivity index (χ1) is 28.4. The molecule has 0 N–H and O–H groups in total. The van der Waals surface area contributed by atoms with Crippen LogP contribution in [0.5, 0.6) is 0 Å². The number of unbranched alkanes of at least 4 members (excludes halogenated alkanes) is 34. The quantitative estimate of drug-likeness (QED) is 0.0346. The molecule has 0 spiro atoms. The van der Waals surface area contributed by atoms with Crippen LogP contribution in [0.4, 0.5) is 0 Å². The first-order valence-corrected chi connectivity index (χ1v) is 25.9. The van der Waals surface area contributed by atoms with Gasteiger partial charge in [0.15, 0.2) is 6.10 Å². The third-order valence-electron chi connectivity index (χ3n) is 11.8. The smallest absolute Gasteiger partial charge is 0.306 e. The average Bonchev–Trinajstić information content (AvgIpc) is 3.21. The van der Waals surface area contributed by atoms with E-state index >= 15 is 0 Å². The van der Waals surface area contributed by atoms with E-state index < -0.39 is 6.10 Å². The maximum atomic E-state index is 12.8. The largest absolute Gasteiger partial charge is 0.462 e. The van der Waals surface area contributed by atoms with Crippen molar-refractivity contribution >= 4 is 17.9 Å². The summed E-state index contributed by atoms with van der Waals surface area (Å²) >= 11 is 0. The van der Waals surface area contributed by atoms with Crippen molar-refractivity contribution in [2.24, 2.45) is 5.92 Å². The van der Waals surface area contributed by atoms with Gasteiger partial charge in [0.1, 0.15) is 13.2 Å². The maximum Gasteiger partial charge on any atom is 0.306 e. The van der Waals surface area contributed by atoms with Crippen LogP contribution in [0.1, 0.15) is 291 Å². The summed E-state index contributed by atoms with van der Waals surface area (Å²) in [7, 11) is 0. The predicted octanol–water partition coefficient (Wildman–Crippen LogP) is 16.7. The van der Waals surface area contributed by atoms with Crippen LogP contribution in [0.3, 0.4) is 0 Å². The topological polar surface area (TPSA) is 78.9 Å². The third kappa shape index (κ3) is 45.5. The Morgan fingerprint density at radius 3 is 0.845 bits per heavy atom. The molecule has 0 fully saturated rings. The highest BCUT2D eigenvalue weighted by atomic mass is 16.6. The lowest BCUT2D eigenvalue weighted by Gasteiger charge is -2.18. The zero-order valence-electron chi connectivity index (χ0n) is 39.5. The van der Waals surface area contributed by atoms with Gasteiger partial charge in [-0.1, -0.05) is 252 Å². The highest BCUT2D eigenvalue weighted by Gasteiger charge is 2.19. The van der Waals surface area contributed by atoms with Crippen molar-refractivity contribution in [3.8, 4) is 0 Å². The molecule has 0 heterocycles. The lowest BCUT2D eigenvalue weighted by molar-refractivity contribution is -0.167. The molecule has 0 unspecified atom stereocenters. The first-order valence-electron chi connectivity index (χ1n) is 25.9. The van der Waals surface area contributed by atoms with E-state index in [1.165, 1.54) is 186 Å². The molecule has 0 aromatic heterocycles. The molecule has 6 nitrogen and oxygen atoms in total. The van der Waals surface area contributed by atoms with Crippen molar-refractivity contribution in [2.75, 3.05) is 13.2 Å². The Morgan fingerprint density at radius 2 is 0.569 bits per heavy atom. The number of carbonyl (C=O) groups excluding carboxylic acids is 3. The molecule has 0 amide bonds. The molecule has 0 aliphatic rings. The van der Waals surface area contributed by atoms with Gasteiger partial charge in [-0.05, 0) is 25.2 Å². The fourth-order valence-corrected chi connectivity index (χ4v) is 7.86. The van der Waals surface area contributed by atoms with Crippen molar-refractivity contribution < 1.29 is 28.6 Å². The minimum Gasteiger partial charge on any atom is -0.462 e. The Labute approximate surface area is 361 Å². The second-order valence-corrected chi connectivity index (χ2v) is 18.3. The number of carbonyl (C=O) groups is 3. The number of hydrogen-bond donors (Lipinski definition) is 0. The number of rotatable bonds is 47. The summed E-state index contributed by atoms with van der Waals surface area (Å²) in [5.74, 6) is -0.0172. The fraction of sp³-hybridized carbons (Fsp3) is 0.942. The number of esters is 3. The molecule has 0 aliphatic heterocycles. The summed E-state index contributed by atoms with van der Waals surface area (Å²) in [4.78, 5) is 37.9. The molecule has 0 bridgehead atoms. The van der Waals surface area contributed by atoms with Crippen molar-refractivity contribution in [3.63, 3.8) is 0 Å². The van der Waals surface area contributed by atoms with Gasteiger partial charge in [0.25, 0.3) is 0 Å². The van der Waals surface area contributed by atoms with Gasteiger partial charge in [-0.2, -0.15) is 0 Å². The summed E-state index contributed by atoms with van der Waals surface area (Å²) in [6, 6.07) is 0. The van der Waals surface area contributed by atoms with Crippen LogP contribution in [-0.4, -0.2) is 37.2 Å². The van der Waals surface area contributed by atoms with Crippen LogP contribution in [0.25, 0.3) is 0 Å². The van der Waals surface area contributed by atoms with E-state index in [4.69, 9.17) is 14.2 Å². The molecular formula is C52H100O6. The van der Waals surface area contributed by atoms with E-state index in [0.29, 0.717) is 19.3 Å². The second kappa shape index (κ2) is 46.5. The zero-order chi connectivity index (χ0) is 42.4. The summed E-state index contributed by atoms with van der Waals surface area (Å²) in [6.45, 7) is 9.02. The monoisotopic (exact) mass is 821 g/mol. The summed E-state index contributed by atoms with van der Waals surface area (Å²) in [6.07, 6.45) is 47.9. The molecule has 0 rings (SSSR count). The van der Waals surface area contributed by atoms with Gasteiger partial charge in [0.2, 0.25) is 0 Å². The van der Waals surface area contributed by atoms with Crippen LogP contribution >= 0.6 is 0 Å². The van der Waals surface area contributed by atoms with Gasteiger partial charge in [0, 0.05) is 19.3 Å². The molecule has 58 heavy (non-hydrogen) atoms. The maximum absolute atomic E-state index is 12.8. The molecule has 0 saturated heterocycles. The van der Waals surface area contributed by atoms with E-state index in [2.05, 4.69) is 27.7 Å². The predicted molar refractivity (Wildman–Crippen MR) is 247 cm³/mol. The minimum absolute atomic E-state index is 0.0627. The van der Waals surface area contributed by atoms with Crippen LogP contribution in [-0.2, 0) is 28.6 Å². The molecule has 0 radical (unpaired) electrons. The highest BCUT2D eigenvalue weighted by Crippen LogP contribution is 2.17. The molecule has 1 atom stereocenters. The van der Waals surface area contributed by atoms with E-state index in [-0.39, 0.29) is 31.1 Å². The van der Waals surface area contributed by atoms with Gasteiger partial charge >= 0.3 is 17.9 Å². The van der Waals surface area contributed by atoms with Gasteiger partial charge in [0.05, 0.1) is 0 Å².